The second kappa shape index (κ2) is 5.84. The van der Waals surface area contributed by atoms with E-state index in [2.05, 4.69) is 36.2 Å². The summed E-state index contributed by atoms with van der Waals surface area (Å²) in [5.41, 5.74) is 9.14. The van der Waals surface area contributed by atoms with Gasteiger partial charge in [-0.2, -0.15) is 0 Å². The minimum Gasteiger partial charge on any atom is -0.325 e. The lowest BCUT2D eigenvalue weighted by Crippen LogP contribution is -1.99. The summed E-state index contributed by atoms with van der Waals surface area (Å²) < 4.78 is 0. The number of rotatable bonds is 4. The molecule has 3 heteroatoms. The first-order valence-corrected chi connectivity index (χ1v) is 6.61. The molecule has 1 aromatic carbocycles. The van der Waals surface area contributed by atoms with Crippen molar-refractivity contribution in [3.05, 3.63) is 59.3 Å². The van der Waals surface area contributed by atoms with Gasteiger partial charge in [0.1, 0.15) is 0 Å². The number of hydrogen-bond donors (Lipinski definition) is 1. The zero-order valence-electron chi connectivity index (χ0n) is 9.89. The zero-order valence-corrected chi connectivity index (χ0v) is 10.7. The zero-order chi connectivity index (χ0) is 12.1. The summed E-state index contributed by atoms with van der Waals surface area (Å²) in [6.07, 6.45) is 0. The average molecular weight is 244 g/mol. The molecule has 0 bridgehead atoms. The molecule has 1 heterocycles. The van der Waals surface area contributed by atoms with Crippen molar-refractivity contribution in [3.63, 3.8) is 0 Å². The van der Waals surface area contributed by atoms with E-state index in [0.717, 1.165) is 16.5 Å². The van der Waals surface area contributed by atoms with Gasteiger partial charge in [0, 0.05) is 12.3 Å². The van der Waals surface area contributed by atoms with E-state index in [-0.39, 0.29) is 0 Å². The molecule has 0 aliphatic heterocycles. The number of nitrogens with zero attached hydrogens (tertiary/aromatic N) is 1. The first kappa shape index (κ1) is 12.1. The van der Waals surface area contributed by atoms with Gasteiger partial charge in [0.2, 0.25) is 0 Å². The van der Waals surface area contributed by atoms with Crippen LogP contribution >= 0.6 is 11.8 Å². The van der Waals surface area contributed by atoms with E-state index in [1.165, 1.54) is 11.1 Å². The molecule has 0 aliphatic carbocycles. The van der Waals surface area contributed by atoms with E-state index in [0.29, 0.717) is 6.54 Å². The normalized spacial score (nSPS) is 10.5. The van der Waals surface area contributed by atoms with Crippen molar-refractivity contribution < 1.29 is 0 Å². The summed E-state index contributed by atoms with van der Waals surface area (Å²) in [7, 11) is 0. The van der Waals surface area contributed by atoms with Crippen molar-refractivity contribution in [2.24, 2.45) is 5.73 Å². The third-order valence-electron chi connectivity index (χ3n) is 2.46. The van der Waals surface area contributed by atoms with Gasteiger partial charge in [-0.15, -0.1) is 11.8 Å². The highest BCUT2D eigenvalue weighted by Crippen LogP contribution is 2.21. The van der Waals surface area contributed by atoms with Crippen LogP contribution in [0.1, 0.15) is 16.8 Å². The van der Waals surface area contributed by atoms with Gasteiger partial charge >= 0.3 is 0 Å². The van der Waals surface area contributed by atoms with Gasteiger partial charge < -0.3 is 5.73 Å². The molecule has 0 saturated heterocycles. The van der Waals surface area contributed by atoms with Gasteiger partial charge in [0.25, 0.3) is 0 Å². The van der Waals surface area contributed by atoms with Gasteiger partial charge in [-0.05, 0) is 24.6 Å². The molecule has 2 aromatic rings. The third-order valence-corrected chi connectivity index (χ3v) is 3.46. The van der Waals surface area contributed by atoms with Gasteiger partial charge in [0.15, 0.2) is 0 Å². The maximum atomic E-state index is 5.57. The van der Waals surface area contributed by atoms with Crippen LogP contribution in [0.25, 0.3) is 0 Å². The fraction of sp³-hybridized carbons (Fsp3) is 0.214. The predicted molar refractivity (Wildman–Crippen MR) is 72.9 cm³/mol. The maximum Gasteiger partial charge on any atom is 0.0966 e. The molecule has 0 radical (unpaired) electrons. The van der Waals surface area contributed by atoms with Crippen molar-refractivity contribution in [1.29, 1.82) is 0 Å². The van der Waals surface area contributed by atoms with Crippen LogP contribution in [0.5, 0.6) is 0 Å². The molecule has 88 valence electrons. The van der Waals surface area contributed by atoms with Gasteiger partial charge in [-0.3, -0.25) is 0 Å². The number of aromatic nitrogens is 1. The Bertz CT molecular complexity index is 497. The summed E-state index contributed by atoms with van der Waals surface area (Å²) in [6, 6.07) is 14.5. The number of thioether (sulfide) groups is 1. The van der Waals surface area contributed by atoms with Crippen LogP contribution in [0.2, 0.25) is 0 Å². The molecule has 0 aliphatic rings. The van der Waals surface area contributed by atoms with Crippen LogP contribution in [0.3, 0.4) is 0 Å². The van der Waals surface area contributed by atoms with E-state index >= 15 is 0 Å². The van der Waals surface area contributed by atoms with Crippen LogP contribution in [0.15, 0.2) is 47.5 Å². The Hall–Kier alpha value is -1.32. The molecule has 0 fully saturated rings. The van der Waals surface area contributed by atoms with E-state index in [1.807, 2.05) is 18.2 Å². The molecule has 17 heavy (non-hydrogen) atoms. The van der Waals surface area contributed by atoms with E-state index in [9.17, 15) is 0 Å². The molecule has 0 amide bonds. The third kappa shape index (κ3) is 3.58. The highest BCUT2D eigenvalue weighted by Gasteiger charge is 1.99. The Kier molecular flexibility index (Phi) is 4.18. The van der Waals surface area contributed by atoms with Crippen LogP contribution < -0.4 is 5.73 Å². The summed E-state index contributed by atoms with van der Waals surface area (Å²) >= 11 is 1.75. The fourth-order valence-corrected chi connectivity index (χ4v) is 2.46. The Morgan fingerprint density at radius 1 is 1.18 bits per heavy atom. The minimum atomic E-state index is 0.499. The quantitative estimate of drug-likeness (QED) is 0.840. The lowest BCUT2D eigenvalue weighted by Gasteiger charge is -2.04. The van der Waals surface area contributed by atoms with Crippen LogP contribution in [0.4, 0.5) is 0 Å². The molecule has 0 saturated carbocycles. The molecule has 1 aromatic heterocycles. The number of nitrogens with two attached hydrogens (primary N) is 1. The second-order valence-electron chi connectivity index (χ2n) is 3.95. The Balaban J connectivity index is 2.02. The number of pyridine rings is 1. The first-order valence-electron chi connectivity index (χ1n) is 5.62. The molecule has 0 atom stereocenters. The van der Waals surface area contributed by atoms with Gasteiger partial charge in [-0.25, -0.2) is 4.98 Å². The van der Waals surface area contributed by atoms with Crippen molar-refractivity contribution >= 4 is 11.8 Å². The summed E-state index contributed by atoms with van der Waals surface area (Å²) in [5, 5.41) is 1.04. The summed E-state index contributed by atoms with van der Waals surface area (Å²) in [4.78, 5) is 4.47. The smallest absolute Gasteiger partial charge is 0.0966 e. The largest absolute Gasteiger partial charge is 0.325 e. The Morgan fingerprint density at radius 3 is 2.76 bits per heavy atom. The fourth-order valence-electron chi connectivity index (χ4n) is 1.61. The molecule has 2 rings (SSSR count). The second-order valence-corrected chi connectivity index (χ2v) is 4.94. The first-order chi connectivity index (χ1) is 8.28. The number of hydrogen-bond acceptors (Lipinski definition) is 3. The van der Waals surface area contributed by atoms with E-state index in [4.69, 9.17) is 5.73 Å². The molecule has 0 unspecified atom stereocenters. The van der Waals surface area contributed by atoms with E-state index in [1.54, 1.807) is 11.8 Å². The Morgan fingerprint density at radius 2 is 2.00 bits per heavy atom. The van der Waals surface area contributed by atoms with Gasteiger partial charge in [-0.1, -0.05) is 35.9 Å². The van der Waals surface area contributed by atoms with Crippen molar-refractivity contribution in [3.8, 4) is 0 Å². The van der Waals surface area contributed by atoms with Crippen molar-refractivity contribution in [2.75, 3.05) is 0 Å². The summed E-state index contributed by atoms with van der Waals surface area (Å²) in [5.74, 6) is 0.947. The lowest BCUT2D eigenvalue weighted by atomic mass is 10.2. The van der Waals surface area contributed by atoms with Crippen molar-refractivity contribution in [1.82, 2.24) is 4.98 Å². The molecular weight excluding hydrogens is 228 g/mol. The van der Waals surface area contributed by atoms with Crippen molar-refractivity contribution in [2.45, 2.75) is 24.2 Å². The summed E-state index contributed by atoms with van der Waals surface area (Å²) in [6.45, 7) is 2.61. The van der Waals surface area contributed by atoms with Gasteiger partial charge in [0.05, 0.1) is 10.7 Å². The average Bonchev–Trinajstić information content (AvgIpc) is 2.37. The highest BCUT2D eigenvalue weighted by molar-refractivity contribution is 7.98. The standard InChI is InChI=1S/C14H16N2S/c1-11-4-2-5-12(8-11)10-17-14-7-3-6-13(9-15)16-14/h2-8H,9-10,15H2,1H3. The molecule has 0 spiro atoms. The Labute approximate surface area is 106 Å². The van der Waals surface area contributed by atoms with E-state index < -0.39 is 0 Å². The van der Waals surface area contributed by atoms with Crippen LogP contribution in [-0.2, 0) is 12.3 Å². The number of benzene rings is 1. The monoisotopic (exact) mass is 244 g/mol. The lowest BCUT2D eigenvalue weighted by molar-refractivity contribution is 0.941. The molecule has 2 nitrogen and oxygen atoms in total. The van der Waals surface area contributed by atoms with Crippen LogP contribution in [-0.4, -0.2) is 4.98 Å². The minimum absolute atomic E-state index is 0.499. The SMILES string of the molecule is Cc1cccc(CSc2cccc(CN)n2)c1. The predicted octanol–water partition coefficient (Wildman–Crippen LogP) is 3.14. The molecule has 2 N–H and O–H groups in total. The number of aryl methyl sites for hydroxylation is 1. The van der Waals surface area contributed by atoms with Crippen LogP contribution in [0, 0.1) is 6.92 Å². The topological polar surface area (TPSA) is 38.9 Å². The molecular formula is C14H16N2S. The highest BCUT2D eigenvalue weighted by atomic mass is 32.2. The maximum absolute atomic E-state index is 5.57.